The van der Waals surface area contributed by atoms with Gasteiger partial charge in [-0.25, -0.2) is 4.98 Å². The standard InChI is InChI=1S/C17H17N3O2/c1-11-3-2-4-12(7-11)17-19-13-8-15-16(22-10-21-15)9-14(13)20(17)6-5-18/h2-4,7-9H,5-6,10,18H2,1H3. The van der Waals surface area contributed by atoms with Crippen molar-refractivity contribution in [3.8, 4) is 22.9 Å². The minimum Gasteiger partial charge on any atom is -0.454 e. The van der Waals surface area contributed by atoms with Crippen molar-refractivity contribution in [3.63, 3.8) is 0 Å². The fourth-order valence-corrected chi connectivity index (χ4v) is 2.87. The van der Waals surface area contributed by atoms with E-state index in [2.05, 4.69) is 29.7 Å². The third-order valence-electron chi connectivity index (χ3n) is 3.87. The van der Waals surface area contributed by atoms with E-state index in [1.54, 1.807) is 0 Å². The van der Waals surface area contributed by atoms with Gasteiger partial charge in [0.2, 0.25) is 6.79 Å². The first-order valence-corrected chi connectivity index (χ1v) is 7.33. The minimum atomic E-state index is 0.267. The lowest BCUT2D eigenvalue weighted by Gasteiger charge is -2.08. The molecule has 1 aromatic heterocycles. The molecule has 0 saturated heterocycles. The molecule has 0 saturated carbocycles. The van der Waals surface area contributed by atoms with Gasteiger partial charge in [0.1, 0.15) is 5.82 Å². The quantitative estimate of drug-likeness (QED) is 0.807. The third kappa shape index (κ3) is 2.02. The number of rotatable bonds is 3. The van der Waals surface area contributed by atoms with Gasteiger partial charge in [0.15, 0.2) is 11.5 Å². The summed E-state index contributed by atoms with van der Waals surface area (Å²) in [4.78, 5) is 4.79. The number of nitrogens with zero attached hydrogens (tertiary/aromatic N) is 2. The molecule has 4 rings (SSSR count). The molecule has 2 N–H and O–H groups in total. The zero-order valence-electron chi connectivity index (χ0n) is 12.4. The Balaban J connectivity index is 1.96. The van der Waals surface area contributed by atoms with E-state index in [4.69, 9.17) is 20.2 Å². The van der Waals surface area contributed by atoms with Crippen LogP contribution in [-0.2, 0) is 6.54 Å². The molecule has 0 amide bonds. The number of benzene rings is 2. The van der Waals surface area contributed by atoms with Crippen LogP contribution in [0.5, 0.6) is 11.5 Å². The lowest BCUT2D eigenvalue weighted by molar-refractivity contribution is 0.174. The number of ether oxygens (including phenoxy) is 2. The van der Waals surface area contributed by atoms with E-state index in [0.29, 0.717) is 13.1 Å². The molecule has 22 heavy (non-hydrogen) atoms. The van der Waals surface area contributed by atoms with Gasteiger partial charge in [-0.3, -0.25) is 0 Å². The number of aryl methyl sites for hydroxylation is 1. The average molecular weight is 295 g/mol. The molecule has 0 unspecified atom stereocenters. The highest BCUT2D eigenvalue weighted by molar-refractivity contribution is 5.84. The van der Waals surface area contributed by atoms with Crippen molar-refractivity contribution in [1.82, 2.24) is 9.55 Å². The van der Waals surface area contributed by atoms with Crippen molar-refractivity contribution >= 4 is 11.0 Å². The number of nitrogens with two attached hydrogens (primary N) is 1. The molecule has 0 fully saturated rings. The van der Waals surface area contributed by atoms with Crippen molar-refractivity contribution in [2.75, 3.05) is 13.3 Å². The maximum absolute atomic E-state index is 5.80. The zero-order chi connectivity index (χ0) is 15.1. The first-order valence-electron chi connectivity index (χ1n) is 7.33. The molecule has 0 spiro atoms. The molecule has 0 aliphatic carbocycles. The average Bonchev–Trinajstić information content (AvgIpc) is 3.10. The first-order chi connectivity index (χ1) is 10.8. The zero-order valence-corrected chi connectivity index (χ0v) is 12.4. The van der Waals surface area contributed by atoms with Crippen LogP contribution < -0.4 is 15.2 Å². The van der Waals surface area contributed by atoms with Crippen LogP contribution in [-0.4, -0.2) is 22.9 Å². The molecule has 1 aliphatic rings. The predicted octanol–water partition coefficient (Wildman–Crippen LogP) is 2.70. The monoisotopic (exact) mass is 295 g/mol. The number of hydrogen-bond donors (Lipinski definition) is 1. The van der Waals surface area contributed by atoms with Crippen molar-refractivity contribution in [2.24, 2.45) is 5.73 Å². The van der Waals surface area contributed by atoms with Gasteiger partial charge < -0.3 is 19.8 Å². The number of hydrogen-bond acceptors (Lipinski definition) is 4. The molecule has 3 aromatic rings. The molecule has 5 heteroatoms. The van der Waals surface area contributed by atoms with Crippen LogP contribution in [0.15, 0.2) is 36.4 Å². The van der Waals surface area contributed by atoms with Gasteiger partial charge in [-0.1, -0.05) is 23.8 Å². The van der Waals surface area contributed by atoms with E-state index in [1.807, 2.05) is 18.2 Å². The summed E-state index contributed by atoms with van der Waals surface area (Å²) in [6.07, 6.45) is 0. The highest BCUT2D eigenvalue weighted by atomic mass is 16.7. The molecular weight excluding hydrogens is 278 g/mol. The van der Waals surface area contributed by atoms with Gasteiger partial charge in [-0.15, -0.1) is 0 Å². The van der Waals surface area contributed by atoms with Crippen LogP contribution in [0, 0.1) is 6.92 Å². The van der Waals surface area contributed by atoms with E-state index in [-0.39, 0.29) is 6.79 Å². The smallest absolute Gasteiger partial charge is 0.231 e. The van der Waals surface area contributed by atoms with Crippen LogP contribution in [0.25, 0.3) is 22.4 Å². The Morgan fingerprint density at radius 3 is 2.77 bits per heavy atom. The molecular formula is C17H17N3O2. The second kappa shape index (κ2) is 5.03. The largest absolute Gasteiger partial charge is 0.454 e. The summed E-state index contributed by atoms with van der Waals surface area (Å²) in [6, 6.07) is 12.2. The Hall–Kier alpha value is -2.53. The lowest BCUT2D eigenvalue weighted by atomic mass is 10.1. The van der Waals surface area contributed by atoms with Crippen molar-refractivity contribution < 1.29 is 9.47 Å². The Morgan fingerprint density at radius 1 is 1.18 bits per heavy atom. The van der Waals surface area contributed by atoms with Crippen molar-refractivity contribution in [3.05, 3.63) is 42.0 Å². The molecule has 2 heterocycles. The summed E-state index contributed by atoms with van der Waals surface area (Å²) in [7, 11) is 0. The fourth-order valence-electron chi connectivity index (χ4n) is 2.87. The summed E-state index contributed by atoms with van der Waals surface area (Å²) < 4.78 is 13.1. The minimum absolute atomic E-state index is 0.267. The highest BCUT2D eigenvalue weighted by Crippen LogP contribution is 2.37. The Morgan fingerprint density at radius 2 is 2.00 bits per heavy atom. The van der Waals surface area contributed by atoms with Crippen molar-refractivity contribution in [1.29, 1.82) is 0 Å². The molecule has 0 atom stereocenters. The molecule has 0 radical (unpaired) electrons. The third-order valence-corrected chi connectivity index (χ3v) is 3.87. The van der Waals surface area contributed by atoms with Crippen LogP contribution in [0.1, 0.15) is 5.56 Å². The Labute approximate surface area is 128 Å². The fraction of sp³-hybridized carbons (Fsp3) is 0.235. The Kier molecular flexibility index (Phi) is 3.01. The van der Waals surface area contributed by atoms with Gasteiger partial charge in [0, 0.05) is 30.8 Å². The van der Waals surface area contributed by atoms with Crippen LogP contribution in [0.4, 0.5) is 0 Å². The molecule has 112 valence electrons. The first kappa shape index (κ1) is 13.2. The summed E-state index contributed by atoms with van der Waals surface area (Å²) >= 11 is 0. The van der Waals surface area contributed by atoms with Gasteiger partial charge in [-0.05, 0) is 13.0 Å². The molecule has 1 aliphatic heterocycles. The maximum atomic E-state index is 5.80. The van der Waals surface area contributed by atoms with Gasteiger partial charge in [-0.2, -0.15) is 0 Å². The number of fused-ring (bicyclic) bond motifs is 2. The maximum Gasteiger partial charge on any atom is 0.231 e. The summed E-state index contributed by atoms with van der Waals surface area (Å²) in [5, 5.41) is 0. The predicted molar refractivity (Wildman–Crippen MR) is 85.1 cm³/mol. The summed E-state index contributed by atoms with van der Waals surface area (Å²) in [5.41, 5.74) is 10.0. The van der Waals surface area contributed by atoms with Crippen LogP contribution >= 0.6 is 0 Å². The topological polar surface area (TPSA) is 62.3 Å². The second-order valence-corrected chi connectivity index (χ2v) is 5.44. The summed E-state index contributed by atoms with van der Waals surface area (Å²) in [6.45, 7) is 3.61. The highest BCUT2D eigenvalue weighted by Gasteiger charge is 2.19. The van der Waals surface area contributed by atoms with Crippen molar-refractivity contribution in [2.45, 2.75) is 13.5 Å². The van der Waals surface area contributed by atoms with Gasteiger partial charge >= 0.3 is 0 Å². The number of imidazole rings is 1. The number of aromatic nitrogens is 2. The van der Waals surface area contributed by atoms with Gasteiger partial charge in [0.25, 0.3) is 0 Å². The lowest BCUT2D eigenvalue weighted by Crippen LogP contribution is -2.11. The molecule has 2 aromatic carbocycles. The van der Waals surface area contributed by atoms with E-state index in [0.717, 1.165) is 33.9 Å². The van der Waals surface area contributed by atoms with E-state index < -0.39 is 0 Å². The molecule has 0 bridgehead atoms. The molecule has 5 nitrogen and oxygen atoms in total. The van der Waals surface area contributed by atoms with Crippen LogP contribution in [0.2, 0.25) is 0 Å². The summed E-state index contributed by atoms with van der Waals surface area (Å²) in [5.74, 6) is 2.44. The van der Waals surface area contributed by atoms with E-state index in [1.165, 1.54) is 5.56 Å². The normalized spacial score (nSPS) is 13.0. The van der Waals surface area contributed by atoms with E-state index >= 15 is 0 Å². The second-order valence-electron chi connectivity index (χ2n) is 5.44. The SMILES string of the molecule is Cc1cccc(-c2nc3cc4c(cc3n2CCN)OCO4)c1. The van der Waals surface area contributed by atoms with E-state index in [9.17, 15) is 0 Å². The van der Waals surface area contributed by atoms with Crippen LogP contribution in [0.3, 0.4) is 0 Å². The Bertz CT molecular complexity index is 854. The van der Waals surface area contributed by atoms with Gasteiger partial charge in [0.05, 0.1) is 11.0 Å².